The second-order valence-electron chi connectivity index (χ2n) is 3.17. The van der Waals surface area contributed by atoms with Crippen LogP contribution in [0.4, 0.5) is 4.39 Å². The van der Waals surface area contributed by atoms with E-state index in [1.165, 1.54) is 12.1 Å². The Morgan fingerprint density at radius 1 is 1.40 bits per heavy atom. The van der Waals surface area contributed by atoms with E-state index in [-0.39, 0.29) is 5.82 Å². The Bertz CT molecular complexity index is 307. The summed E-state index contributed by atoms with van der Waals surface area (Å²) in [6.07, 6.45) is 1.11. The van der Waals surface area contributed by atoms with Gasteiger partial charge < -0.3 is 10.1 Å². The van der Waals surface area contributed by atoms with Crippen molar-refractivity contribution < 1.29 is 9.13 Å². The lowest BCUT2D eigenvalue weighted by Crippen LogP contribution is -2.21. The normalized spacial score (nSPS) is 10.3. The molecule has 0 aliphatic carbocycles. The maximum absolute atomic E-state index is 12.7. The molecule has 2 nitrogen and oxygen atoms in total. The maximum Gasteiger partial charge on any atom is 0.133 e. The first-order chi connectivity index (χ1) is 7.24. The highest BCUT2D eigenvalue weighted by Crippen LogP contribution is 2.25. The van der Waals surface area contributed by atoms with Crippen molar-refractivity contribution in [2.45, 2.75) is 13.3 Å². The molecule has 0 aromatic heterocycles. The molecule has 0 aliphatic rings. The van der Waals surface area contributed by atoms with Gasteiger partial charge >= 0.3 is 0 Å². The zero-order valence-electron chi connectivity index (χ0n) is 8.72. The molecule has 0 fully saturated rings. The van der Waals surface area contributed by atoms with E-state index in [4.69, 9.17) is 4.74 Å². The molecule has 84 valence electrons. The Kier molecular flexibility index (Phi) is 5.65. The monoisotopic (exact) mass is 275 g/mol. The minimum Gasteiger partial charge on any atom is -0.491 e. The number of rotatable bonds is 6. The van der Waals surface area contributed by atoms with Gasteiger partial charge in [-0.1, -0.05) is 6.92 Å². The second kappa shape index (κ2) is 6.80. The molecule has 1 N–H and O–H groups in total. The fourth-order valence-corrected chi connectivity index (χ4v) is 1.59. The summed E-state index contributed by atoms with van der Waals surface area (Å²) < 4.78 is 18.9. The lowest BCUT2D eigenvalue weighted by Gasteiger charge is -2.08. The molecule has 0 saturated heterocycles. The highest BCUT2D eigenvalue weighted by Gasteiger charge is 2.01. The van der Waals surface area contributed by atoms with Crippen molar-refractivity contribution in [1.29, 1.82) is 0 Å². The van der Waals surface area contributed by atoms with Gasteiger partial charge in [0.2, 0.25) is 0 Å². The van der Waals surface area contributed by atoms with Crippen LogP contribution in [-0.4, -0.2) is 19.7 Å². The zero-order valence-corrected chi connectivity index (χ0v) is 10.3. The molecule has 1 aromatic rings. The molecule has 0 amide bonds. The van der Waals surface area contributed by atoms with E-state index in [1.807, 2.05) is 0 Å². The summed E-state index contributed by atoms with van der Waals surface area (Å²) in [7, 11) is 0. The van der Waals surface area contributed by atoms with E-state index in [9.17, 15) is 4.39 Å². The van der Waals surface area contributed by atoms with Crippen LogP contribution in [0.2, 0.25) is 0 Å². The number of hydrogen-bond donors (Lipinski definition) is 1. The van der Waals surface area contributed by atoms with E-state index in [0.29, 0.717) is 16.8 Å². The Hall–Kier alpha value is -0.610. The summed E-state index contributed by atoms with van der Waals surface area (Å²) in [6, 6.07) is 4.41. The third kappa shape index (κ3) is 4.62. The molecule has 0 aliphatic heterocycles. The summed E-state index contributed by atoms with van der Waals surface area (Å²) in [5, 5.41) is 3.22. The molecule has 0 unspecified atom stereocenters. The Morgan fingerprint density at radius 3 is 2.87 bits per heavy atom. The third-order valence-corrected chi connectivity index (χ3v) is 2.48. The molecule has 0 spiro atoms. The van der Waals surface area contributed by atoms with Crippen LogP contribution < -0.4 is 10.1 Å². The smallest absolute Gasteiger partial charge is 0.133 e. The lowest BCUT2D eigenvalue weighted by molar-refractivity contribution is 0.312. The minimum atomic E-state index is -0.265. The van der Waals surface area contributed by atoms with Gasteiger partial charge in [0.05, 0.1) is 4.47 Å². The van der Waals surface area contributed by atoms with E-state index >= 15 is 0 Å². The van der Waals surface area contributed by atoms with Crippen LogP contribution in [0.25, 0.3) is 0 Å². The molecule has 0 radical (unpaired) electrons. The van der Waals surface area contributed by atoms with E-state index in [1.54, 1.807) is 6.07 Å². The van der Waals surface area contributed by atoms with Crippen molar-refractivity contribution in [3.05, 3.63) is 28.5 Å². The zero-order chi connectivity index (χ0) is 11.1. The van der Waals surface area contributed by atoms with Crippen molar-refractivity contribution in [2.75, 3.05) is 19.7 Å². The van der Waals surface area contributed by atoms with Crippen LogP contribution >= 0.6 is 15.9 Å². The first-order valence-corrected chi connectivity index (χ1v) is 5.82. The summed E-state index contributed by atoms with van der Waals surface area (Å²) >= 11 is 3.24. The van der Waals surface area contributed by atoms with Crippen LogP contribution in [0.5, 0.6) is 5.75 Å². The van der Waals surface area contributed by atoms with Gasteiger partial charge in [-0.3, -0.25) is 0 Å². The van der Waals surface area contributed by atoms with Gasteiger partial charge in [-0.05, 0) is 47.1 Å². The average molecular weight is 276 g/mol. The van der Waals surface area contributed by atoms with Crippen LogP contribution in [-0.2, 0) is 0 Å². The molecule has 4 heteroatoms. The molecule has 1 rings (SSSR count). The fraction of sp³-hybridized carbons (Fsp3) is 0.455. The van der Waals surface area contributed by atoms with Gasteiger partial charge in [-0.15, -0.1) is 0 Å². The van der Waals surface area contributed by atoms with E-state index < -0.39 is 0 Å². The number of benzene rings is 1. The summed E-state index contributed by atoms with van der Waals surface area (Å²) in [5.41, 5.74) is 0. The minimum absolute atomic E-state index is 0.265. The number of hydrogen-bond acceptors (Lipinski definition) is 2. The maximum atomic E-state index is 12.7. The fourth-order valence-electron chi connectivity index (χ4n) is 1.13. The number of ether oxygens (including phenoxy) is 1. The predicted molar refractivity (Wildman–Crippen MR) is 62.8 cm³/mol. The van der Waals surface area contributed by atoms with Crippen LogP contribution in [0.1, 0.15) is 13.3 Å². The second-order valence-corrected chi connectivity index (χ2v) is 4.03. The first kappa shape index (κ1) is 12.5. The van der Waals surface area contributed by atoms with Gasteiger partial charge in [-0.25, -0.2) is 4.39 Å². The molecule has 0 bridgehead atoms. The topological polar surface area (TPSA) is 21.3 Å². The van der Waals surface area contributed by atoms with E-state index in [2.05, 4.69) is 28.2 Å². The third-order valence-electron chi connectivity index (χ3n) is 1.86. The molecular weight excluding hydrogens is 261 g/mol. The van der Waals surface area contributed by atoms with Crippen molar-refractivity contribution in [3.8, 4) is 5.75 Å². The van der Waals surface area contributed by atoms with Crippen LogP contribution in [0, 0.1) is 5.82 Å². The van der Waals surface area contributed by atoms with E-state index in [0.717, 1.165) is 19.5 Å². The van der Waals surface area contributed by atoms with Gasteiger partial charge in [0, 0.05) is 6.54 Å². The SMILES string of the molecule is CCCNCCOc1ccc(F)cc1Br. The van der Waals surface area contributed by atoms with Gasteiger partial charge in [-0.2, -0.15) is 0 Å². The molecular formula is C11H15BrFNO. The first-order valence-electron chi connectivity index (χ1n) is 5.02. The summed E-state index contributed by atoms with van der Waals surface area (Å²) in [5.74, 6) is 0.410. The van der Waals surface area contributed by atoms with Gasteiger partial charge in [0.15, 0.2) is 0 Å². The van der Waals surface area contributed by atoms with Crippen molar-refractivity contribution in [3.63, 3.8) is 0 Å². The lowest BCUT2D eigenvalue weighted by atomic mass is 10.3. The molecule has 15 heavy (non-hydrogen) atoms. The molecule has 1 aromatic carbocycles. The quantitative estimate of drug-likeness (QED) is 0.806. The molecule has 0 saturated carbocycles. The standard InChI is InChI=1S/C11H15BrFNO/c1-2-5-14-6-7-15-11-4-3-9(13)8-10(11)12/h3-4,8,14H,2,5-7H2,1H3. The summed E-state index contributed by atoms with van der Waals surface area (Å²) in [6.45, 7) is 4.50. The van der Waals surface area contributed by atoms with Gasteiger partial charge in [0.1, 0.15) is 18.2 Å². The Morgan fingerprint density at radius 2 is 2.20 bits per heavy atom. The highest BCUT2D eigenvalue weighted by molar-refractivity contribution is 9.10. The Labute approximate surface area is 98.0 Å². The highest BCUT2D eigenvalue weighted by atomic mass is 79.9. The largest absolute Gasteiger partial charge is 0.491 e. The Balaban J connectivity index is 2.31. The van der Waals surface area contributed by atoms with Crippen LogP contribution in [0.3, 0.4) is 0 Å². The molecule has 0 heterocycles. The average Bonchev–Trinajstić information content (AvgIpc) is 2.20. The number of halogens is 2. The van der Waals surface area contributed by atoms with Crippen molar-refractivity contribution in [1.82, 2.24) is 5.32 Å². The molecule has 0 atom stereocenters. The number of nitrogens with one attached hydrogen (secondary N) is 1. The summed E-state index contributed by atoms with van der Waals surface area (Å²) in [4.78, 5) is 0. The van der Waals surface area contributed by atoms with Crippen molar-refractivity contribution in [2.24, 2.45) is 0 Å². The van der Waals surface area contributed by atoms with Gasteiger partial charge in [0.25, 0.3) is 0 Å². The van der Waals surface area contributed by atoms with Crippen LogP contribution in [0.15, 0.2) is 22.7 Å². The van der Waals surface area contributed by atoms with Crippen molar-refractivity contribution >= 4 is 15.9 Å². The predicted octanol–water partition coefficient (Wildman–Crippen LogP) is 2.97.